The maximum absolute atomic E-state index is 14.0. The summed E-state index contributed by atoms with van der Waals surface area (Å²) in [5.74, 6) is -2.10. The Hall–Kier alpha value is -3.10. The molecule has 2 aliphatic rings. The van der Waals surface area contributed by atoms with Gasteiger partial charge in [0.2, 0.25) is 0 Å². The van der Waals surface area contributed by atoms with E-state index in [4.69, 9.17) is 5.11 Å². The van der Waals surface area contributed by atoms with Crippen molar-refractivity contribution in [1.82, 2.24) is 5.32 Å². The van der Waals surface area contributed by atoms with Crippen molar-refractivity contribution in [3.63, 3.8) is 0 Å². The number of amides is 3. The molecule has 0 bridgehead atoms. The summed E-state index contributed by atoms with van der Waals surface area (Å²) in [6.45, 7) is -0.569. The lowest BCUT2D eigenvalue weighted by molar-refractivity contribution is -0.135. The molecule has 142 valence electrons. The van der Waals surface area contributed by atoms with Crippen molar-refractivity contribution in [2.75, 3.05) is 11.9 Å². The van der Waals surface area contributed by atoms with E-state index in [2.05, 4.69) is 20.9 Å². The highest BCUT2D eigenvalue weighted by atomic mass is 19.1. The minimum atomic E-state index is -1.20. The van der Waals surface area contributed by atoms with E-state index in [1.54, 1.807) is 6.07 Å². The predicted octanol–water partition coefficient (Wildman–Crippen LogP) is 2.81. The van der Waals surface area contributed by atoms with Crippen molar-refractivity contribution in [2.24, 2.45) is 10.2 Å². The number of hydrogen-bond donors (Lipinski definition) is 3. The largest absolute Gasteiger partial charge is 0.480 e. The number of azo groups is 1. The van der Waals surface area contributed by atoms with E-state index in [1.165, 1.54) is 12.1 Å². The van der Waals surface area contributed by atoms with E-state index >= 15 is 0 Å². The molecule has 1 atom stereocenters. The van der Waals surface area contributed by atoms with Crippen LogP contribution in [0.15, 0.2) is 39.6 Å². The van der Waals surface area contributed by atoms with Gasteiger partial charge in [0, 0.05) is 12.0 Å². The quantitative estimate of drug-likeness (QED) is 0.734. The number of carbonyl (C=O) groups is 3. The molecule has 1 heterocycles. The Morgan fingerprint density at radius 3 is 2.81 bits per heavy atom. The van der Waals surface area contributed by atoms with Crippen LogP contribution in [-0.4, -0.2) is 35.6 Å². The number of halogens is 1. The summed E-state index contributed by atoms with van der Waals surface area (Å²) in [6.07, 6.45) is 3.90. The highest BCUT2D eigenvalue weighted by molar-refractivity contribution is 5.95. The van der Waals surface area contributed by atoms with Gasteiger partial charge in [-0.05, 0) is 49.0 Å². The third-order valence-electron chi connectivity index (χ3n) is 4.57. The Balaban J connectivity index is 1.73. The van der Waals surface area contributed by atoms with E-state index in [9.17, 15) is 18.8 Å². The molecule has 0 saturated carbocycles. The summed E-state index contributed by atoms with van der Waals surface area (Å²) >= 11 is 0. The molecule has 3 amide bonds. The van der Waals surface area contributed by atoms with E-state index in [0.717, 1.165) is 36.0 Å². The highest BCUT2D eigenvalue weighted by Crippen LogP contribution is 2.34. The van der Waals surface area contributed by atoms with Crippen LogP contribution in [0.25, 0.3) is 0 Å². The fraction of sp³-hybridized carbons (Fsp3) is 0.389. The van der Waals surface area contributed by atoms with Crippen LogP contribution in [0.1, 0.15) is 31.2 Å². The molecule has 8 nitrogen and oxygen atoms in total. The number of rotatable bonds is 5. The van der Waals surface area contributed by atoms with Crippen molar-refractivity contribution in [3.05, 3.63) is 40.7 Å². The van der Waals surface area contributed by atoms with Gasteiger partial charge < -0.3 is 15.7 Å². The summed E-state index contributed by atoms with van der Waals surface area (Å²) in [4.78, 5) is 34.0. The number of benzene rings is 1. The molecule has 1 aliphatic carbocycles. The molecule has 27 heavy (non-hydrogen) atoms. The number of hydrogen-bond acceptors (Lipinski definition) is 4. The number of carbonyl (C=O) groups excluding carboxylic acids is 2. The minimum absolute atomic E-state index is 0.0583. The summed E-state index contributed by atoms with van der Waals surface area (Å²) in [6, 6.07) is 3.21. The van der Waals surface area contributed by atoms with Gasteiger partial charge in [-0.15, -0.1) is 5.11 Å². The normalized spacial score (nSPS) is 18.9. The minimum Gasteiger partial charge on any atom is -0.480 e. The van der Waals surface area contributed by atoms with Gasteiger partial charge in [-0.25, -0.2) is 9.18 Å². The van der Waals surface area contributed by atoms with E-state index in [-0.39, 0.29) is 17.6 Å². The zero-order valence-electron chi connectivity index (χ0n) is 14.5. The van der Waals surface area contributed by atoms with Gasteiger partial charge in [0.05, 0.1) is 11.7 Å². The molecule has 0 spiro atoms. The second-order valence-corrected chi connectivity index (χ2v) is 6.47. The monoisotopic (exact) mass is 374 g/mol. The molecule has 0 aromatic heterocycles. The maximum Gasteiger partial charge on any atom is 0.323 e. The summed E-state index contributed by atoms with van der Waals surface area (Å²) in [5, 5.41) is 20.8. The molecule has 3 rings (SSSR count). The Kier molecular flexibility index (Phi) is 5.58. The molecule has 0 fully saturated rings. The first-order valence-corrected chi connectivity index (χ1v) is 8.66. The van der Waals surface area contributed by atoms with Crippen LogP contribution in [0.5, 0.6) is 0 Å². The van der Waals surface area contributed by atoms with Gasteiger partial charge in [0.25, 0.3) is 5.91 Å². The zero-order valence-corrected chi connectivity index (χ0v) is 14.5. The van der Waals surface area contributed by atoms with E-state index < -0.39 is 24.4 Å². The van der Waals surface area contributed by atoms with Crippen LogP contribution in [-0.2, 0) is 16.0 Å². The van der Waals surface area contributed by atoms with Crippen LogP contribution in [0, 0.1) is 5.82 Å². The second kappa shape index (κ2) is 8.07. The van der Waals surface area contributed by atoms with Gasteiger partial charge in [0.15, 0.2) is 0 Å². The number of urea groups is 1. The van der Waals surface area contributed by atoms with Crippen LogP contribution in [0.3, 0.4) is 0 Å². The number of carboxylic acids is 1. The topological polar surface area (TPSA) is 120 Å². The van der Waals surface area contributed by atoms with Gasteiger partial charge in [-0.2, -0.15) is 5.11 Å². The van der Waals surface area contributed by atoms with Gasteiger partial charge in [0.1, 0.15) is 12.4 Å². The lowest BCUT2D eigenvalue weighted by atomic mass is 9.84. The number of carboxylic acid groups (broad SMARTS) is 1. The zero-order chi connectivity index (χ0) is 19.4. The van der Waals surface area contributed by atoms with E-state index in [0.29, 0.717) is 12.8 Å². The van der Waals surface area contributed by atoms with Crippen molar-refractivity contribution >= 4 is 23.6 Å². The molecular weight excluding hydrogens is 355 g/mol. The molecule has 0 saturated heterocycles. The number of aliphatic carboxylic acids is 1. The summed E-state index contributed by atoms with van der Waals surface area (Å²) in [7, 11) is 0. The molecule has 1 aromatic rings. The molecular formula is C18H19FN4O4. The van der Waals surface area contributed by atoms with Crippen molar-refractivity contribution in [1.29, 1.82) is 0 Å². The average Bonchev–Trinajstić information content (AvgIpc) is 2.65. The molecule has 3 N–H and O–H groups in total. The SMILES string of the molecule is O=C(O)CNC(=O)Nc1cc(CC2N=NC(=O)C3=C2CCCC3)ccc1F. The van der Waals surface area contributed by atoms with Crippen molar-refractivity contribution in [2.45, 2.75) is 38.1 Å². The Labute approximate surface area is 154 Å². The van der Waals surface area contributed by atoms with Crippen LogP contribution >= 0.6 is 0 Å². The Morgan fingerprint density at radius 2 is 2.04 bits per heavy atom. The maximum atomic E-state index is 14.0. The number of anilines is 1. The van der Waals surface area contributed by atoms with Crippen molar-refractivity contribution in [3.8, 4) is 0 Å². The van der Waals surface area contributed by atoms with Gasteiger partial charge >= 0.3 is 12.0 Å². The number of nitrogens with zero attached hydrogens (tertiary/aromatic N) is 2. The third kappa shape index (κ3) is 4.55. The Bertz CT molecular complexity index is 850. The summed E-state index contributed by atoms with van der Waals surface area (Å²) in [5.41, 5.74) is 2.41. The molecule has 1 unspecified atom stereocenters. The van der Waals surface area contributed by atoms with Gasteiger partial charge in [-0.1, -0.05) is 6.07 Å². The second-order valence-electron chi connectivity index (χ2n) is 6.47. The fourth-order valence-corrected chi connectivity index (χ4v) is 3.30. The Morgan fingerprint density at radius 1 is 1.26 bits per heavy atom. The van der Waals surface area contributed by atoms with Gasteiger partial charge in [-0.3, -0.25) is 9.59 Å². The van der Waals surface area contributed by atoms with E-state index in [1.807, 2.05) is 0 Å². The third-order valence-corrected chi connectivity index (χ3v) is 4.57. The molecule has 9 heteroatoms. The van der Waals surface area contributed by atoms with Crippen molar-refractivity contribution < 1.29 is 23.9 Å². The lowest BCUT2D eigenvalue weighted by Crippen LogP contribution is -2.33. The standard InChI is InChI=1S/C18H19FN4O4/c19-13-6-5-10(8-15(13)21-18(27)20-9-16(24)25)7-14-11-3-1-2-4-12(11)17(26)23-22-14/h5-6,8,14H,1-4,7,9H2,(H,24,25)(H2,20,21,27). The van der Waals surface area contributed by atoms with Crippen LogP contribution in [0.2, 0.25) is 0 Å². The first kappa shape index (κ1) is 18.7. The highest BCUT2D eigenvalue weighted by Gasteiger charge is 2.29. The first-order valence-electron chi connectivity index (χ1n) is 8.66. The fourth-order valence-electron chi connectivity index (χ4n) is 3.30. The summed E-state index contributed by atoms with van der Waals surface area (Å²) < 4.78 is 14.0. The van der Waals surface area contributed by atoms with Crippen LogP contribution in [0.4, 0.5) is 14.9 Å². The van der Waals surface area contributed by atoms with Crippen LogP contribution < -0.4 is 10.6 Å². The smallest absolute Gasteiger partial charge is 0.323 e. The average molecular weight is 374 g/mol. The number of nitrogens with one attached hydrogen (secondary N) is 2. The first-order chi connectivity index (χ1) is 12.9. The predicted molar refractivity (Wildman–Crippen MR) is 93.9 cm³/mol. The molecule has 1 aliphatic heterocycles. The molecule has 0 radical (unpaired) electrons. The lowest BCUT2D eigenvalue weighted by Gasteiger charge is -2.25. The molecule has 1 aromatic carbocycles.